The molecule has 0 aromatic heterocycles. The van der Waals surface area contributed by atoms with Gasteiger partial charge in [-0.25, -0.2) is 4.79 Å². The van der Waals surface area contributed by atoms with Crippen LogP contribution in [0.25, 0.3) is 0 Å². The Morgan fingerprint density at radius 3 is 2.65 bits per heavy atom. The van der Waals surface area contributed by atoms with Gasteiger partial charge in [0.1, 0.15) is 12.2 Å². The van der Waals surface area contributed by atoms with Crippen molar-refractivity contribution in [1.82, 2.24) is 4.90 Å². The van der Waals surface area contributed by atoms with Crippen LogP contribution in [0.15, 0.2) is 30.3 Å². The highest BCUT2D eigenvalue weighted by Crippen LogP contribution is 2.20. The van der Waals surface area contributed by atoms with Crippen LogP contribution in [0.3, 0.4) is 0 Å². The van der Waals surface area contributed by atoms with Crippen molar-refractivity contribution in [3.63, 3.8) is 0 Å². The lowest BCUT2D eigenvalue weighted by Crippen LogP contribution is -2.66. The van der Waals surface area contributed by atoms with E-state index in [9.17, 15) is 9.90 Å². The van der Waals surface area contributed by atoms with E-state index in [2.05, 4.69) is 0 Å². The first kappa shape index (κ1) is 11.9. The summed E-state index contributed by atoms with van der Waals surface area (Å²) >= 11 is 0. The number of β-amino-alcohol motifs (C(OH)–C–C–N with tert-alkyl or cyclic N) is 1. The number of hydrogen-bond acceptors (Lipinski definition) is 4. The summed E-state index contributed by atoms with van der Waals surface area (Å²) in [5, 5.41) is 9.65. The van der Waals surface area contributed by atoms with Crippen LogP contribution in [-0.2, 0) is 11.3 Å². The molecule has 0 radical (unpaired) electrons. The molecular weight excluding hydrogens is 220 g/mol. The molecule has 92 valence electrons. The summed E-state index contributed by atoms with van der Waals surface area (Å²) in [6.45, 7) is 0.904. The Morgan fingerprint density at radius 1 is 1.41 bits per heavy atom. The van der Waals surface area contributed by atoms with E-state index < -0.39 is 11.7 Å². The minimum Gasteiger partial charge on any atom is -0.445 e. The van der Waals surface area contributed by atoms with Gasteiger partial charge in [0.05, 0.1) is 13.1 Å². The zero-order valence-corrected chi connectivity index (χ0v) is 9.50. The molecule has 0 bridgehead atoms. The third-order valence-corrected chi connectivity index (χ3v) is 2.81. The molecule has 5 heteroatoms. The summed E-state index contributed by atoms with van der Waals surface area (Å²) in [6.07, 6.45) is -0.410. The number of nitrogens with zero attached hydrogens (tertiary/aromatic N) is 1. The van der Waals surface area contributed by atoms with Crippen LogP contribution < -0.4 is 5.73 Å². The van der Waals surface area contributed by atoms with Gasteiger partial charge < -0.3 is 20.5 Å². The van der Waals surface area contributed by atoms with Crippen LogP contribution in [-0.4, -0.2) is 41.3 Å². The normalized spacial score (nSPS) is 17.4. The van der Waals surface area contributed by atoms with Gasteiger partial charge in [-0.05, 0) is 5.56 Å². The molecule has 5 nitrogen and oxygen atoms in total. The molecule has 1 aliphatic heterocycles. The molecular formula is C12H16N2O3. The Morgan fingerprint density at radius 2 is 2.06 bits per heavy atom. The fraction of sp³-hybridized carbons (Fsp3) is 0.417. The van der Waals surface area contributed by atoms with E-state index >= 15 is 0 Å². The second-order valence-corrected chi connectivity index (χ2v) is 4.32. The zero-order chi connectivity index (χ0) is 12.3. The van der Waals surface area contributed by atoms with Crippen LogP contribution >= 0.6 is 0 Å². The molecule has 1 amide bonds. The molecule has 0 saturated carbocycles. The second kappa shape index (κ2) is 4.73. The van der Waals surface area contributed by atoms with Crippen molar-refractivity contribution in [2.24, 2.45) is 5.73 Å². The lowest BCUT2D eigenvalue weighted by Gasteiger charge is -2.44. The van der Waals surface area contributed by atoms with Crippen LogP contribution in [0.1, 0.15) is 5.56 Å². The van der Waals surface area contributed by atoms with Gasteiger partial charge in [0, 0.05) is 6.54 Å². The van der Waals surface area contributed by atoms with Gasteiger partial charge in [0.25, 0.3) is 0 Å². The summed E-state index contributed by atoms with van der Waals surface area (Å²) in [5.41, 5.74) is 5.38. The van der Waals surface area contributed by atoms with E-state index in [1.54, 1.807) is 0 Å². The maximum Gasteiger partial charge on any atom is 0.410 e. The van der Waals surface area contributed by atoms with E-state index in [0.29, 0.717) is 0 Å². The fourth-order valence-corrected chi connectivity index (χ4v) is 1.73. The van der Waals surface area contributed by atoms with E-state index in [1.807, 2.05) is 30.3 Å². The average molecular weight is 236 g/mol. The summed E-state index contributed by atoms with van der Waals surface area (Å²) in [4.78, 5) is 13.0. The topological polar surface area (TPSA) is 75.8 Å². The first-order valence-electron chi connectivity index (χ1n) is 5.51. The lowest BCUT2D eigenvalue weighted by molar-refractivity contribution is -0.0822. The number of amides is 1. The molecule has 17 heavy (non-hydrogen) atoms. The molecule has 1 aliphatic rings. The van der Waals surface area contributed by atoms with Crippen LogP contribution in [0.2, 0.25) is 0 Å². The van der Waals surface area contributed by atoms with Gasteiger partial charge in [-0.2, -0.15) is 0 Å². The third-order valence-electron chi connectivity index (χ3n) is 2.81. The molecule has 1 aromatic carbocycles. The van der Waals surface area contributed by atoms with Gasteiger partial charge >= 0.3 is 6.09 Å². The number of nitrogens with two attached hydrogens (primary N) is 1. The summed E-state index contributed by atoms with van der Waals surface area (Å²) in [6, 6.07) is 9.46. The number of ether oxygens (including phenoxy) is 1. The Balaban J connectivity index is 1.76. The van der Waals surface area contributed by atoms with Gasteiger partial charge in [-0.15, -0.1) is 0 Å². The summed E-state index contributed by atoms with van der Waals surface area (Å²) < 4.78 is 5.10. The molecule has 0 unspecified atom stereocenters. The van der Waals surface area contributed by atoms with E-state index in [0.717, 1.165) is 5.56 Å². The number of aliphatic hydroxyl groups is 1. The summed E-state index contributed by atoms with van der Waals surface area (Å²) in [5.74, 6) is 0. The molecule has 0 atom stereocenters. The van der Waals surface area contributed by atoms with E-state index in [4.69, 9.17) is 10.5 Å². The van der Waals surface area contributed by atoms with Gasteiger partial charge in [0.2, 0.25) is 0 Å². The van der Waals surface area contributed by atoms with Crippen LogP contribution in [0.5, 0.6) is 0 Å². The molecule has 1 saturated heterocycles. The van der Waals surface area contributed by atoms with Crippen molar-refractivity contribution in [1.29, 1.82) is 0 Å². The quantitative estimate of drug-likeness (QED) is 0.793. The van der Waals surface area contributed by atoms with Gasteiger partial charge in [0.15, 0.2) is 0 Å². The molecule has 3 N–H and O–H groups in total. The number of likely N-dealkylation sites (tertiary alicyclic amines) is 1. The van der Waals surface area contributed by atoms with Crippen molar-refractivity contribution in [2.45, 2.75) is 12.2 Å². The predicted molar refractivity (Wildman–Crippen MR) is 62.2 cm³/mol. The Hall–Kier alpha value is -1.59. The van der Waals surface area contributed by atoms with Crippen molar-refractivity contribution in [2.75, 3.05) is 19.6 Å². The predicted octanol–water partition coefficient (Wildman–Crippen LogP) is 0.329. The molecule has 0 spiro atoms. The SMILES string of the molecule is NCC1(O)CN(C(=O)OCc2ccccc2)C1. The smallest absolute Gasteiger partial charge is 0.410 e. The van der Waals surface area contributed by atoms with Crippen LogP contribution in [0, 0.1) is 0 Å². The number of rotatable bonds is 3. The van der Waals surface area contributed by atoms with Crippen molar-refractivity contribution in [3.8, 4) is 0 Å². The third kappa shape index (κ3) is 2.75. The highest BCUT2D eigenvalue weighted by atomic mass is 16.6. The number of carbonyl (C=O) groups excluding carboxylic acids is 1. The molecule has 1 aromatic rings. The molecule has 0 aliphatic carbocycles. The van der Waals surface area contributed by atoms with Crippen LogP contribution in [0.4, 0.5) is 4.79 Å². The Kier molecular flexibility index (Phi) is 3.31. The maximum atomic E-state index is 11.6. The monoisotopic (exact) mass is 236 g/mol. The molecule has 2 rings (SSSR count). The van der Waals surface area contributed by atoms with E-state index in [-0.39, 0.29) is 26.2 Å². The number of hydrogen-bond donors (Lipinski definition) is 2. The Labute approximate surface area is 99.8 Å². The first-order valence-corrected chi connectivity index (χ1v) is 5.51. The maximum absolute atomic E-state index is 11.6. The second-order valence-electron chi connectivity index (χ2n) is 4.32. The lowest BCUT2D eigenvalue weighted by atomic mass is 9.95. The number of carbonyl (C=O) groups is 1. The highest BCUT2D eigenvalue weighted by molar-refractivity contribution is 5.69. The fourth-order valence-electron chi connectivity index (χ4n) is 1.73. The van der Waals surface area contributed by atoms with Crippen molar-refractivity contribution >= 4 is 6.09 Å². The van der Waals surface area contributed by atoms with Gasteiger partial charge in [-0.1, -0.05) is 30.3 Å². The number of benzene rings is 1. The minimum absolute atomic E-state index is 0.162. The standard InChI is InChI=1S/C12H16N2O3/c13-7-12(16)8-14(9-12)11(15)17-6-10-4-2-1-3-5-10/h1-5,16H,6-9,13H2. The zero-order valence-electron chi connectivity index (χ0n) is 9.50. The van der Waals surface area contributed by atoms with Crippen molar-refractivity contribution in [3.05, 3.63) is 35.9 Å². The minimum atomic E-state index is -0.925. The Bertz CT molecular complexity index is 388. The molecule has 1 fully saturated rings. The highest BCUT2D eigenvalue weighted by Gasteiger charge is 2.43. The average Bonchev–Trinajstić information content (AvgIpc) is 2.33. The van der Waals surface area contributed by atoms with Crippen molar-refractivity contribution < 1.29 is 14.6 Å². The van der Waals surface area contributed by atoms with Gasteiger partial charge in [-0.3, -0.25) is 0 Å². The first-order chi connectivity index (χ1) is 8.13. The largest absolute Gasteiger partial charge is 0.445 e. The van der Waals surface area contributed by atoms with E-state index in [1.165, 1.54) is 4.90 Å². The molecule has 1 heterocycles. The summed E-state index contributed by atoms with van der Waals surface area (Å²) in [7, 11) is 0.